The predicted molar refractivity (Wildman–Crippen MR) is 103 cm³/mol. The van der Waals surface area contributed by atoms with Gasteiger partial charge in [-0.15, -0.1) is 0 Å². The lowest BCUT2D eigenvalue weighted by Crippen LogP contribution is -2.37. The Hall–Kier alpha value is -3.06. The lowest BCUT2D eigenvalue weighted by atomic mass is 10.1. The van der Waals surface area contributed by atoms with Gasteiger partial charge in [0.2, 0.25) is 5.95 Å². The van der Waals surface area contributed by atoms with E-state index in [-0.39, 0.29) is 5.91 Å². The molecule has 138 valence electrons. The molecule has 27 heavy (non-hydrogen) atoms. The minimum absolute atomic E-state index is 0.212. The number of ether oxygens (including phenoxy) is 1. The van der Waals surface area contributed by atoms with E-state index in [1.54, 1.807) is 6.20 Å². The van der Waals surface area contributed by atoms with Crippen LogP contribution in [0.15, 0.2) is 42.6 Å². The van der Waals surface area contributed by atoms with Crippen molar-refractivity contribution in [3.63, 3.8) is 0 Å². The fourth-order valence-electron chi connectivity index (χ4n) is 3.17. The number of nitrogens with zero attached hydrogens (tertiary/aromatic N) is 4. The van der Waals surface area contributed by atoms with E-state index in [9.17, 15) is 4.79 Å². The van der Waals surface area contributed by atoms with E-state index in [2.05, 4.69) is 25.2 Å². The van der Waals surface area contributed by atoms with E-state index in [0.29, 0.717) is 31.4 Å². The number of hydrogen-bond acceptors (Lipinski definition) is 6. The van der Waals surface area contributed by atoms with E-state index in [0.717, 1.165) is 35.2 Å². The molecule has 0 aliphatic carbocycles. The van der Waals surface area contributed by atoms with Gasteiger partial charge in [0.15, 0.2) is 0 Å². The number of fused-ring (bicyclic) bond motifs is 1. The second-order valence-electron chi connectivity index (χ2n) is 6.46. The first kappa shape index (κ1) is 17.4. The van der Waals surface area contributed by atoms with Crippen molar-refractivity contribution in [1.29, 1.82) is 0 Å². The number of carbonyl (C=O) groups excluding carboxylic acids is 1. The molecule has 0 saturated carbocycles. The van der Waals surface area contributed by atoms with Gasteiger partial charge in [-0.3, -0.25) is 9.78 Å². The number of hydrogen-bond donors (Lipinski definition) is 1. The molecule has 0 bridgehead atoms. The number of anilines is 1. The molecule has 1 aromatic carbocycles. The molecule has 1 aliphatic rings. The first-order valence-electron chi connectivity index (χ1n) is 9.00. The summed E-state index contributed by atoms with van der Waals surface area (Å²) in [5.74, 6) is 0.474. The smallest absolute Gasteiger partial charge is 0.270 e. The molecule has 7 heteroatoms. The van der Waals surface area contributed by atoms with E-state index >= 15 is 0 Å². The summed E-state index contributed by atoms with van der Waals surface area (Å²) in [5, 5.41) is 4.76. The quantitative estimate of drug-likeness (QED) is 0.765. The van der Waals surface area contributed by atoms with Gasteiger partial charge in [-0.05, 0) is 24.4 Å². The van der Waals surface area contributed by atoms with Crippen LogP contribution >= 0.6 is 0 Å². The second kappa shape index (κ2) is 7.67. The highest BCUT2D eigenvalue weighted by molar-refractivity contribution is 6.05. The Morgan fingerprint density at radius 2 is 2.00 bits per heavy atom. The first-order valence-corrected chi connectivity index (χ1v) is 9.00. The maximum absolute atomic E-state index is 12.7. The fraction of sp³-hybridized carbons (Fsp3) is 0.300. The summed E-state index contributed by atoms with van der Waals surface area (Å²) in [4.78, 5) is 28.2. The molecule has 1 aliphatic heterocycles. The van der Waals surface area contributed by atoms with Crippen LogP contribution in [-0.2, 0) is 11.3 Å². The second-order valence-corrected chi connectivity index (χ2v) is 6.46. The van der Waals surface area contributed by atoms with Crippen LogP contribution in [-0.4, -0.2) is 47.2 Å². The zero-order valence-corrected chi connectivity index (χ0v) is 15.2. The molecular weight excluding hydrogens is 342 g/mol. The summed E-state index contributed by atoms with van der Waals surface area (Å²) in [6.45, 7) is 5.16. The van der Waals surface area contributed by atoms with Gasteiger partial charge in [-0.2, -0.15) is 0 Å². The maximum atomic E-state index is 12.7. The lowest BCUT2D eigenvalue weighted by Gasteiger charge is -2.27. The number of benzene rings is 1. The van der Waals surface area contributed by atoms with Gasteiger partial charge in [-0.25, -0.2) is 9.97 Å². The van der Waals surface area contributed by atoms with Gasteiger partial charge in [0.05, 0.1) is 25.5 Å². The average Bonchev–Trinajstić information content (AvgIpc) is 2.72. The molecular formula is C20H21N5O2. The lowest BCUT2D eigenvalue weighted by molar-refractivity contribution is 0.0947. The highest BCUT2D eigenvalue weighted by Crippen LogP contribution is 2.16. The molecule has 1 fully saturated rings. The Kier molecular flexibility index (Phi) is 4.93. The van der Waals surface area contributed by atoms with Crippen LogP contribution in [0.3, 0.4) is 0 Å². The molecule has 3 heterocycles. The molecule has 0 spiro atoms. The monoisotopic (exact) mass is 363 g/mol. The van der Waals surface area contributed by atoms with Gasteiger partial charge >= 0.3 is 0 Å². The minimum atomic E-state index is -0.212. The van der Waals surface area contributed by atoms with Crippen LogP contribution < -0.4 is 10.2 Å². The Balaban J connectivity index is 1.51. The molecule has 0 atom stereocenters. The third kappa shape index (κ3) is 3.88. The number of pyridine rings is 1. The Morgan fingerprint density at radius 3 is 2.85 bits per heavy atom. The standard InChI is InChI=1S/C20H21N5O2/c1-14-12-16(24-20(23-14)25-8-10-27-11-9-25)13-22-19(26)18-17-5-3-2-4-15(17)6-7-21-18/h2-7,12H,8-11,13H2,1H3,(H,22,26). The minimum Gasteiger partial charge on any atom is -0.378 e. The van der Waals surface area contributed by atoms with Crippen molar-refractivity contribution < 1.29 is 9.53 Å². The van der Waals surface area contributed by atoms with Crippen molar-refractivity contribution in [3.05, 3.63) is 59.7 Å². The number of morpholine rings is 1. The van der Waals surface area contributed by atoms with Crippen LogP contribution in [0.25, 0.3) is 10.8 Å². The molecule has 1 N–H and O–H groups in total. The zero-order valence-electron chi connectivity index (χ0n) is 15.2. The average molecular weight is 363 g/mol. The highest BCUT2D eigenvalue weighted by atomic mass is 16.5. The molecule has 4 rings (SSSR count). The summed E-state index contributed by atoms with van der Waals surface area (Å²) in [5.41, 5.74) is 2.07. The highest BCUT2D eigenvalue weighted by Gasteiger charge is 2.16. The maximum Gasteiger partial charge on any atom is 0.270 e. The van der Waals surface area contributed by atoms with Gasteiger partial charge in [0.1, 0.15) is 5.69 Å². The predicted octanol–water partition coefficient (Wildman–Crippen LogP) is 2.10. The summed E-state index contributed by atoms with van der Waals surface area (Å²) in [6.07, 6.45) is 1.66. The van der Waals surface area contributed by atoms with Crippen molar-refractivity contribution in [2.75, 3.05) is 31.2 Å². The van der Waals surface area contributed by atoms with Crippen molar-refractivity contribution >= 4 is 22.6 Å². The van der Waals surface area contributed by atoms with Crippen molar-refractivity contribution in [2.45, 2.75) is 13.5 Å². The molecule has 3 aromatic rings. The topological polar surface area (TPSA) is 80.2 Å². The summed E-state index contributed by atoms with van der Waals surface area (Å²) >= 11 is 0. The number of carbonyl (C=O) groups is 1. The summed E-state index contributed by atoms with van der Waals surface area (Å²) < 4.78 is 5.38. The Labute approximate surface area is 157 Å². The van der Waals surface area contributed by atoms with Gasteiger partial charge in [-0.1, -0.05) is 24.3 Å². The number of amides is 1. The number of aryl methyl sites for hydroxylation is 1. The number of nitrogens with one attached hydrogen (secondary N) is 1. The first-order chi connectivity index (χ1) is 13.2. The summed E-state index contributed by atoms with van der Waals surface area (Å²) in [7, 11) is 0. The van der Waals surface area contributed by atoms with E-state index in [1.165, 1.54) is 0 Å². The van der Waals surface area contributed by atoms with Crippen LogP contribution in [0, 0.1) is 6.92 Å². The Morgan fingerprint density at radius 1 is 1.19 bits per heavy atom. The van der Waals surface area contributed by atoms with E-state index in [4.69, 9.17) is 4.74 Å². The Bertz CT molecular complexity index is 964. The van der Waals surface area contributed by atoms with Crippen molar-refractivity contribution in [2.24, 2.45) is 0 Å². The number of aromatic nitrogens is 3. The van der Waals surface area contributed by atoms with Crippen molar-refractivity contribution in [3.8, 4) is 0 Å². The molecule has 7 nitrogen and oxygen atoms in total. The van der Waals surface area contributed by atoms with Gasteiger partial charge in [0.25, 0.3) is 5.91 Å². The van der Waals surface area contributed by atoms with E-state index in [1.807, 2.05) is 43.3 Å². The third-order valence-corrected chi connectivity index (χ3v) is 4.51. The van der Waals surface area contributed by atoms with Gasteiger partial charge in [0, 0.05) is 30.4 Å². The molecule has 1 saturated heterocycles. The van der Waals surface area contributed by atoms with Gasteiger partial charge < -0.3 is 15.0 Å². The summed E-state index contributed by atoms with van der Waals surface area (Å²) in [6, 6.07) is 11.5. The van der Waals surface area contributed by atoms with Crippen LogP contribution in [0.4, 0.5) is 5.95 Å². The molecule has 0 radical (unpaired) electrons. The fourth-order valence-corrected chi connectivity index (χ4v) is 3.17. The van der Waals surface area contributed by atoms with Crippen LogP contribution in [0.2, 0.25) is 0 Å². The van der Waals surface area contributed by atoms with Crippen LogP contribution in [0.5, 0.6) is 0 Å². The van der Waals surface area contributed by atoms with Crippen LogP contribution in [0.1, 0.15) is 21.9 Å². The SMILES string of the molecule is Cc1cc(CNC(=O)c2nccc3ccccc23)nc(N2CCOCC2)n1. The zero-order chi connectivity index (χ0) is 18.6. The van der Waals surface area contributed by atoms with E-state index < -0.39 is 0 Å². The van der Waals surface area contributed by atoms with Crippen molar-refractivity contribution in [1.82, 2.24) is 20.3 Å². The number of rotatable bonds is 4. The third-order valence-electron chi connectivity index (χ3n) is 4.51. The molecule has 2 aromatic heterocycles. The largest absolute Gasteiger partial charge is 0.378 e. The molecule has 0 unspecified atom stereocenters. The molecule has 1 amide bonds. The normalized spacial score (nSPS) is 14.3.